The molecule has 0 unspecified atom stereocenters. The maximum Gasteiger partial charge on any atom is 0.258 e. The summed E-state index contributed by atoms with van der Waals surface area (Å²) < 4.78 is 12.8. The van der Waals surface area contributed by atoms with Gasteiger partial charge >= 0.3 is 0 Å². The lowest BCUT2D eigenvalue weighted by molar-refractivity contribution is 0.0767. The number of carbonyl (C=O) groups excluding carboxylic acids is 2. The van der Waals surface area contributed by atoms with Crippen LogP contribution in [0, 0.1) is 13.8 Å². The number of aromatic nitrogens is 1. The SMILES string of the molecule is CCN(CC)C(=O)c1ccc(C)c2c1Nc1c(c(C)c3oc(-c4ccccc4)nc3c1C(=O)N(CC)CC)O2. The van der Waals surface area contributed by atoms with Crippen molar-refractivity contribution in [2.75, 3.05) is 31.5 Å². The van der Waals surface area contributed by atoms with Gasteiger partial charge in [0, 0.05) is 37.3 Å². The number of amides is 2. The van der Waals surface area contributed by atoms with Crippen molar-refractivity contribution in [2.45, 2.75) is 41.5 Å². The highest BCUT2D eigenvalue weighted by molar-refractivity contribution is 6.14. The topological polar surface area (TPSA) is 87.9 Å². The summed E-state index contributed by atoms with van der Waals surface area (Å²) in [7, 11) is 0. The van der Waals surface area contributed by atoms with Crippen molar-refractivity contribution in [3.05, 3.63) is 64.7 Å². The van der Waals surface area contributed by atoms with E-state index in [1.165, 1.54) is 0 Å². The van der Waals surface area contributed by atoms with Crippen molar-refractivity contribution in [3.8, 4) is 23.0 Å². The molecule has 8 nitrogen and oxygen atoms in total. The van der Waals surface area contributed by atoms with Crippen LogP contribution in [-0.4, -0.2) is 52.8 Å². The zero-order valence-electron chi connectivity index (χ0n) is 23.3. The molecule has 0 bridgehead atoms. The Morgan fingerprint density at radius 3 is 2.10 bits per heavy atom. The lowest BCUT2D eigenvalue weighted by Crippen LogP contribution is -2.32. The summed E-state index contributed by atoms with van der Waals surface area (Å²) in [5, 5.41) is 3.47. The second-order valence-electron chi connectivity index (χ2n) is 9.58. The third kappa shape index (κ3) is 4.30. The Labute approximate surface area is 228 Å². The molecule has 4 aromatic rings. The van der Waals surface area contributed by atoms with E-state index < -0.39 is 0 Å². The number of anilines is 2. The van der Waals surface area contributed by atoms with Crippen molar-refractivity contribution < 1.29 is 18.7 Å². The van der Waals surface area contributed by atoms with Crippen LogP contribution in [0.25, 0.3) is 22.6 Å². The van der Waals surface area contributed by atoms with Crippen molar-refractivity contribution in [1.29, 1.82) is 0 Å². The first-order valence-corrected chi connectivity index (χ1v) is 13.5. The smallest absolute Gasteiger partial charge is 0.258 e. The van der Waals surface area contributed by atoms with E-state index in [1.807, 2.05) is 84.0 Å². The van der Waals surface area contributed by atoms with Crippen molar-refractivity contribution in [2.24, 2.45) is 0 Å². The fraction of sp³-hybridized carbons (Fsp3) is 0.323. The van der Waals surface area contributed by atoms with Gasteiger partial charge in [0.2, 0.25) is 5.89 Å². The fourth-order valence-electron chi connectivity index (χ4n) is 5.12. The summed E-state index contributed by atoms with van der Waals surface area (Å²) in [5.41, 5.74) is 5.29. The molecule has 0 fully saturated rings. The third-order valence-corrected chi connectivity index (χ3v) is 7.40. The fourth-order valence-corrected chi connectivity index (χ4v) is 5.12. The summed E-state index contributed by atoms with van der Waals surface area (Å²) in [4.78, 5) is 35.8. The molecule has 0 radical (unpaired) electrons. The summed E-state index contributed by atoms with van der Waals surface area (Å²) in [6, 6.07) is 13.3. The molecule has 0 saturated carbocycles. The Balaban J connectivity index is 1.78. The predicted octanol–water partition coefficient (Wildman–Crippen LogP) is 6.92. The largest absolute Gasteiger partial charge is 0.452 e. The van der Waals surface area contributed by atoms with Crippen molar-refractivity contribution in [1.82, 2.24) is 14.8 Å². The first-order chi connectivity index (χ1) is 18.8. The van der Waals surface area contributed by atoms with Gasteiger partial charge in [-0.05, 0) is 65.3 Å². The monoisotopic (exact) mass is 526 g/mol. The van der Waals surface area contributed by atoms with Gasteiger partial charge in [-0.1, -0.05) is 24.3 Å². The maximum absolute atomic E-state index is 14.0. The summed E-state index contributed by atoms with van der Waals surface area (Å²) in [5.74, 6) is 1.20. The number of rotatable bonds is 7. The van der Waals surface area contributed by atoms with Crippen LogP contribution in [-0.2, 0) is 0 Å². The van der Waals surface area contributed by atoms with E-state index in [-0.39, 0.29) is 11.8 Å². The molecule has 2 heterocycles. The molecule has 1 N–H and O–H groups in total. The first-order valence-electron chi connectivity index (χ1n) is 13.5. The summed E-state index contributed by atoms with van der Waals surface area (Å²) >= 11 is 0. The number of ether oxygens (including phenoxy) is 1. The number of nitrogens with one attached hydrogen (secondary N) is 1. The molecule has 3 aromatic carbocycles. The third-order valence-electron chi connectivity index (χ3n) is 7.40. The molecule has 0 spiro atoms. The minimum atomic E-state index is -0.182. The molecule has 1 aromatic heterocycles. The number of fused-ring (bicyclic) bond motifs is 3. The van der Waals surface area contributed by atoms with E-state index in [4.69, 9.17) is 14.1 Å². The number of nitrogens with zero attached hydrogens (tertiary/aromatic N) is 3. The Hall–Kier alpha value is -4.33. The zero-order valence-corrected chi connectivity index (χ0v) is 23.3. The van der Waals surface area contributed by atoms with E-state index in [0.717, 1.165) is 16.7 Å². The van der Waals surface area contributed by atoms with Gasteiger partial charge in [0.1, 0.15) is 5.52 Å². The van der Waals surface area contributed by atoms with E-state index in [2.05, 4.69) is 5.32 Å². The maximum atomic E-state index is 14.0. The van der Waals surface area contributed by atoms with Gasteiger partial charge in [0.15, 0.2) is 17.1 Å². The molecule has 39 heavy (non-hydrogen) atoms. The van der Waals surface area contributed by atoms with Crippen LogP contribution in [0.2, 0.25) is 0 Å². The number of hydrogen-bond acceptors (Lipinski definition) is 6. The number of hydrogen-bond donors (Lipinski definition) is 1. The van der Waals surface area contributed by atoms with E-state index >= 15 is 0 Å². The van der Waals surface area contributed by atoms with E-state index in [9.17, 15) is 9.59 Å². The summed E-state index contributed by atoms with van der Waals surface area (Å²) in [6.45, 7) is 13.9. The number of oxazole rings is 1. The number of aryl methyl sites for hydroxylation is 2. The van der Waals surface area contributed by atoms with Crippen LogP contribution in [0.15, 0.2) is 46.9 Å². The lowest BCUT2D eigenvalue weighted by Gasteiger charge is -2.30. The second-order valence-corrected chi connectivity index (χ2v) is 9.58. The number of carbonyl (C=O) groups is 2. The molecule has 8 heteroatoms. The zero-order chi connectivity index (χ0) is 27.8. The quantitative estimate of drug-likeness (QED) is 0.248. The van der Waals surface area contributed by atoms with Gasteiger partial charge in [-0.2, -0.15) is 0 Å². The Morgan fingerprint density at radius 2 is 1.46 bits per heavy atom. The summed E-state index contributed by atoms with van der Waals surface area (Å²) in [6.07, 6.45) is 0. The van der Waals surface area contributed by atoms with Crippen LogP contribution in [0.1, 0.15) is 59.5 Å². The van der Waals surface area contributed by atoms with Crippen LogP contribution in [0.3, 0.4) is 0 Å². The van der Waals surface area contributed by atoms with Crippen molar-refractivity contribution in [3.63, 3.8) is 0 Å². The highest BCUT2D eigenvalue weighted by atomic mass is 16.5. The highest BCUT2D eigenvalue weighted by Gasteiger charge is 2.35. The second kappa shape index (κ2) is 10.4. The Morgan fingerprint density at radius 1 is 0.821 bits per heavy atom. The van der Waals surface area contributed by atoms with Crippen LogP contribution in [0.4, 0.5) is 11.4 Å². The van der Waals surface area contributed by atoms with Gasteiger partial charge in [-0.25, -0.2) is 4.98 Å². The number of benzene rings is 3. The Bertz CT molecular complexity index is 1570. The van der Waals surface area contributed by atoms with Crippen LogP contribution >= 0.6 is 0 Å². The molecular formula is C31H34N4O4. The minimum Gasteiger partial charge on any atom is -0.452 e. The molecule has 1 aliphatic heterocycles. The van der Waals surface area contributed by atoms with Gasteiger partial charge in [-0.15, -0.1) is 0 Å². The molecule has 0 saturated heterocycles. The van der Waals surface area contributed by atoms with Gasteiger partial charge in [0.05, 0.1) is 22.5 Å². The van der Waals surface area contributed by atoms with Gasteiger partial charge < -0.3 is 24.3 Å². The molecule has 2 amide bonds. The molecule has 202 valence electrons. The average molecular weight is 527 g/mol. The molecule has 1 aliphatic rings. The van der Waals surface area contributed by atoms with Gasteiger partial charge in [0.25, 0.3) is 11.8 Å². The highest BCUT2D eigenvalue weighted by Crippen LogP contribution is 2.51. The molecule has 0 atom stereocenters. The minimum absolute atomic E-state index is 0.0991. The van der Waals surface area contributed by atoms with Gasteiger partial charge in [-0.3, -0.25) is 9.59 Å². The molecule has 5 rings (SSSR count). The normalized spacial score (nSPS) is 11.8. The molecule has 0 aliphatic carbocycles. The Kier molecular flexibility index (Phi) is 7.04. The molecular weight excluding hydrogens is 492 g/mol. The lowest BCUT2D eigenvalue weighted by atomic mass is 9.99. The van der Waals surface area contributed by atoms with E-state index in [0.29, 0.717) is 77.2 Å². The van der Waals surface area contributed by atoms with E-state index in [1.54, 1.807) is 9.80 Å². The predicted molar refractivity (Wildman–Crippen MR) is 153 cm³/mol. The van der Waals surface area contributed by atoms with Crippen molar-refractivity contribution >= 4 is 34.3 Å². The average Bonchev–Trinajstić information content (AvgIpc) is 3.40. The standard InChI is InChI=1S/C31H34N4O4/c1-7-34(8-2)30(36)21-17-16-18(5)26-23(21)32-24-22(31(37)35(9-3)10-4)25-28(19(6)27(24)38-26)39-29(33-25)20-14-12-11-13-15-20/h11-17,32H,7-10H2,1-6H3. The first kappa shape index (κ1) is 26.3. The van der Waals surface area contributed by atoms with Crippen LogP contribution in [0.5, 0.6) is 11.5 Å². The van der Waals surface area contributed by atoms with Crippen LogP contribution < -0.4 is 10.1 Å².